The number of aliphatic imine (C=N–C) groups is 1. The summed E-state index contributed by atoms with van der Waals surface area (Å²) in [6.07, 6.45) is 17.5. The molecule has 462 valence electrons. The summed E-state index contributed by atoms with van der Waals surface area (Å²) in [5.74, 6) is 1.50. The third kappa shape index (κ3) is 18.5. The summed E-state index contributed by atoms with van der Waals surface area (Å²) in [5, 5.41) is 8.23. The minimum Gasteiger partial charge on any atom is -0.345 e. The number of rotatable bonds is 7. The molecule has 0 spiro atoms. The topological polar surface area (TPSA) is 284 Å². The van der Waals surface area contributed by atoms with Crippen molar-refractivity contribution in [3.63, 3.8) is 0 Å². The maximum Gasteiger partial charge on any atom is 0.348 e. The van der Waals surface area contributed by atoms with Crippen LogP contribution in [0.1, 0.15) is 168 Å². The van der Waals surface area contributed by atoms with Crippen molar-refractivity contribution in [3.8, 4) is 0 Å². The number of aryl methyl sites for hydroxylation is 5. The second kappa shape index (κ2) is 30.9. The van der Waals surface area contributed by atoms with Crippen molar-refractivity contribution in [1.29, 1.82) is 0 Å². The van der Waals surface area contributed by atoms with Gasteiger partial charge in [-0.15, -0.1) is 0 Å². The molecule has 0 atom stereocenters. The number of fused-ring (bicyclic) bond motifs is 3. The second-order valence-corrected chi connectivity index (χ2v) is 22.4. The van der Waals surface area contributed by atoms with E-state index in [9.17, 15) is 24.0 Å². The maximum atomic E-state index is 11.5. The number of allylic oxidation sites excluding steroid dienone is 2. The van der Waals surface area contributed by atoms with E-state index in [1.807, 2.05) is 142 Å². The summed E-state index contributed by atoms with van der Waals surface area (Å²) < 4.78 is 9.20. The molecule has 4 N–H and O–H groups in total. The highest BCUT2D eigenvalue weighted by Crippen LogP contribution is 2.28. The van der Waals surface area contributed by atoms with E-state index >= 15 is 0 Å². The summed E-state index contributed by atoms with van der Waals surface area (Å²) >= 11 is 0. The maximum absolute atomic E-state index is 11.5. The average molecular weight is 1180 g/mol. The van der Waals surface area contributed by atoms with E-state index in [0.717, 1.165) is 56.6 Å². The van der Waals surface area contributed by atoms with Crippen molar-refractivity contribution in [1.82, 2.24) is 93.4 Å². The van der Waals surface area contributed by atoms with Crippen LogP contribution in [0.3, 0.4) is 0 Å². The molecule has 4 amide bonds. The molecule has 25 heteroatoms. The Morgan fingerprint density at radius 3 is 1.63 bits per heavy atom. The Morgan fingerprint density at radius 1 is 0.523 bits per heavy atom. The lowest BCUT2D eigenvalue weighted by Gasteiger charge is -2.28. The number of amides is 4. The van der Waals surface area contributed by atoms with E-state index in [-0.39, 0.29) is 59.2 Å². The fraction of sp³-hybridized carbons (Fsp3) is 0.443. The number of urea groups is 2. The molecule has 10 rings (SSSR count). The molecule has 3 aliphatic heterocycles. The van der Waals surface area contributed by atoms with Crippen molar-refractivity contribution < 1.29 is 9.59 Å². The predicted octanol–water partition coefficient (Wildman–Crippen LogP) is 10.3. The highest BCUT2D eigenvalue weighted by atomic mass is 16.2. The number of H-pyrrole nitrogens is 1. The first-order valence-electron chi connectivity index (χ1n) is 28.4. The largest absolute Gasteiger partial charge is 0.348 e. The molecule has 0 saturated carbocycles. The quantitative estimate of drug-likeness (QED) is 0.116. The Bertz CT molecular complexity index is 3800. The highest BCUT2D eigenvalue weighted by molar-refractivity contribution is 5.83. The zero-order valence-corrected chi connectivity index (χ0v) is 53.7. The molecule has 25 nitrogen and oxygen atoms in total. The molecule has 10 heterocycles. The lowest BCUT2D eigenvalue weighted by Crippen LogP contribution is -2.43. The fourth-order valence-corrected chi connectivity index (χ4v) is 7.89. The summed E-state index contributed by atoms with van der Waals surface area (Å²) in [4.78, 5) is 99.3. The molecule has 0 fully saturated rings. The van der Waals surface area contributed by atoms with Crippen molar-refractivity contribution in [2.45, 2.75) is 181 Å². The number of carbonyl (C=O) groups is 2. The molecule has 0 radical (unpaired) electrons. The van der Waals surface area contributed by atoms with Crippen LogP contribution in [-0.4, -0.2) is 108 Å². The van der Waals surface area contributed by atoms with Crippen molar-refractivity contribution in [3.05, 3.63) is 164 Å². The van der Waals surface area contributed by atoms with Gasteiger partial charge in [0.2, 0.25) is 0 Å². The minimum absolute atomic E-state index is 0.0967. The van der Waals surface area contributed by atoms with Crippen molar-refractivity contribution >= 4 is 52.2 Å². The molecule has 7 aromatic rings. The zero-order chi connectivity index (χ0) is 64.6. The van der Waals surface area contributed by atoms with Gasteiger partial charge in [-0.05, 0) is 162 Å². The third-order valence-corrected chi connectivity index (χ3v) is 13.1. The van der Waals surface area contributed by atoms with Gasteiger partial charge in [-0.25, -0.2) is 54.1 Å². The van der Waals surface area contributed by atoms with Crippen LogP contribution >= 0.6 is 0 Å². The van der Waals surface area contributed by atoms with E-state index < -0.39 is 0 Å². The fourth-order valence-electron chi connectivity index (χ4n) is 7.89. The van der Waals surface area contributed by atoms with Crippen LogP contribution in [0.4, 0.5) is 15.4 Å². The Balaban J connectivity index is 0.000000215. The number of imidazole rings is 3. The van der Waals surface area contributed by atoms with Gasteiger partial charge in [-0.1, -0.05) is 19.7 Å². The SMILES string of the molecule is C=C1C=CN(C(C)C)C(=O)N1.C=C1NC(=O)N(C(C)C)C=C1C.C=C1NC=Nc2c1ncn2C(C)C.Cc1ccn(C(C)C)c(=O)n1.Cc1cn(C(C)C)c(=O)nc1C.Cc1nc2c(ncn2C(C)C)c(=O)[nH]1.Cc1ncnc2c1ncn2C(C)C. The Labute approximate surface area is 503 Å². The van der Waals surface area contributed by atoms with Gasteiger partial charge >= 0.3 is 23.4 Å². The van der Waals surface area contributed by atoms with Crippen LogP contribution in [0.25, 0.3) is 28.0 Å². The number of nitrogens with zero attached hydrogens (tertiary/aromatic N) is 16. The minimum atomic E-state index is -0.174. The lowest BCUT2D eigenvalue weighted by atomic mass is 10.2. The van der Waals surface area contributed by atoms with Gasteiger partial charge < -0.3 is 34.6 Å². The third-order valence-electron chi connectivity index (χ3n) is 13.1. The molecular formula is C61H88N20O5. The van der Waals surface area contributed by atoms with Gasteiger partial charge in [0.1, 0.15) is 23.4 Å². The highest BCUT2D eigenvalue weighted by Gasteiger charge is 2.21. The standard InChI is InChI=1S/C9H12N4O.2C9H12N4.2C9H14N2O.2C8H12N2O/c1-5(2)13-4-10-7-8(13)11-6(3)12-9(7)14;2*1-6(2)13-5-12-8-7(3)10-4-11-9(8)13;2*1-6(2)11-5-7(3)8(4)10-9(11)12;2*1-6(2)10-5-4-7(3)9-8(10)11/h4-5H,1-3H3,(H,11,12,14);4-6H,1-3H3;4-6H,3H2,1-2H3,(H,10,11);5-6H,1-4H3;5-6H,4H2,1-3H3,(H,10,12);4-6H,1-3H3;4-6H,3H2,1-2H3,(H,9,11). The summed E-state index contributed by atoms with van der Waals surface area (Å²) in [7, 11) is 0. The monoisotopic (exact) mass is 1180 g/mol. The molecule has 7 aromatic heterocycles. The second-order valence-electron chi connectivity index (χ2n) is 22.4. The van der Waals surface area contributed by atoms with Crippen LogP contribution in [0.15, 0.2) is 118 Å². The van der Waals surface area contributed by atoms with E-state index in [0.29, 0.717) is 40.5 Å². The van der Waals surface area contributed by atoms with Crippen LogP contribution in [0.5, 0.6) is 0 Å². The molecular weight excluding hydrogens is 1090 g/mol. The van der Waals surface area contributed by atoms with E-state index in [1.54, 1.807) is 69.7 Å². The summed E-state index contributed by atoms with van der Waals surface area (Å²) in [6, 6.07) is 3.41. The number of nitrogens with one attached hydrogen (secondary N) is 4. The molecule has 0 unspecified atom stereocenters. The van der Waals surface area contributed by atoms with E-state index in [1.165, 1.54) is 0 Å². The number of aromatic nitrogens is 14. The molecule has 0 aromatic carbocycles. The summed E-state index contributed by atoms with van der Waals surface area (Å²) in [6.45, 7) is 50.6. The smallest absolute Gasteiger partial charge is 0.345 e. The van der Waals surface area contributed by atoms with Crippen LogP contribution in [0.2, 0.25) is 0 Å². The van der Waals surface area contributed by atoms with E-state index in [4.69, 9.17) is 0 Å². The van der Waals surface area contributed by atoms with Crippen molar-refractivity contribution in [2.24, 2.45) is 4.99 Å². The Morgan fingerprint density at radius 2 is 1.07 bits per heavy atom. The summed E-state index contributed by atoms with van der Waals surface area (Å²) in [5.41, 5.74) is 9.95. The van der Waals surface area contributed by atoms with Gasteiger partial charge in [0.15, 0.2) is 22.6 Å². The number of hydrogen-bond donors (Lipinski definition) is 4. The first-order chi connectivity index (χ1) is 40.2. The van der Waals surface area contributed by atoms with Crippen LogP contribution < -0.4 is 32.9 Å². The number of carbonyl (C=O) groups excluding carboxylic acids is 2. The van der Waals surface area contributed by atoms with Gasteiger partial charge in [-0.2, -0.15) is 9.97 Å². The zero-order valence-electron chi connectivity index (χ0n) is 53.7. The van der Waals surface area contributed by atoms with Crippen LogP contribution in [-0.2, 0) is 0 Å². The van der Waals surface area contributed by atoms with Gasteiger partial charge in [0.25, 0.3) is 5.56 Å². The van der Waals surface area contributed by atoms with E-state index in [2.05, 4.69) is 113 Å². The average Bonchev–Trinajstić information content (AvgIpc) is 2.20. The normalized spacial score (nSPS) is 13.4. The number of aromatic amines is 1. The molecule has 0 saturated heterocycles. The molecule has 3 aliphatic rings. The first-order valence-corrected chi connectivity index (χ1v) is 28.4. The van der Waals surface area contributed by atoms with Crippen molar-refractivity contribution in [2.75, 3.05) is 0 Å². The van der Waals surface area contributed by atoms with Crippen LogP contribution in [0, 0.1) is 34.6 Å². The van der Waals surface area contributed by atoms with Gasteiger partial charge in [0, 0.05) is 89.9 Å². The molecule has 0 bridgehead atoms. The van der Waals surface area contributed by atoms with Gasteiger partial charge in [-0.3, -0.25) is 23.7 Å². The first kappa shape index (κ1) is 69.1. The van der Waals surface area contributed by atoms with Gasteiger partial charge in [0.05, 0.1) is 36.7 Å². The Hall–Kier alpha value is -9.42. The Kier molecular flexibility index (Phi) is 24.8. The predicted molar refractivity (Wildman–Crippen MR) is 341 cm³/mol. The molecule has 86 heavy (non-hydrogen) atoms. The lowest BCUT2D eigenvalue weighted by molar-refractivity contribution is 0.205. The molecule has 0 aliphatic carbocycles. The number of hydrogen-bond acceptors (Lipinski definition) is 15.